The predicted octanol–water partition coefficient (Wildman–Crippen LogP) is -5.43. The molecule has 0 aliphatic heterocycles. The fourth-order valence-corrected chi connectivity index (χ4v) is 0. The SMILES string of the molecule is C.C.C.O.O=C([O-])[O-].O=C=O.O=CO[O-].O=CO[O-].[OH-].[OH-]. The van der Waals surface area contributed by atoms with Crippen LogP contribution in [-0.2, 0) is 29.0 Å². The molecule has 0 bridgehead atoms. The number of carbonyl (C=O) groups excluding carboxylic acids is 5. The van der Waals surface area contributed by atoms with Gasteiger partial charge in [-0.15, -0.1) is 0 Å². The Morgan fingerprint density at radius 3 is 0.905 bits per heavy atom. The van der Waals surface area contributed by atoms with Crippen molar-refractivity contribution in [1.29, 1.82) is 0 Å². The van der Waals surface area contributed by atoms with E-state index >= 15 is 0 Å². The largest absolute Gasteiger partial charge is 0.870 e. The molecule has 4 N–H and O–H groups in total. The van der Waals surface area contributed by atoms with Gasteiger partial charge in [0.25, 0.3) is 12.9 Å². The molecule has 0 aliphatic carbocycles. The molecule has 136 valence electrons. The lowest BCUT2D eigenvalue weighted by Gasteiger charge is -1.96. The Balaban J connectivity index is -0.00000000881. The summed E-state index contributed by atoms with van der Waals surface area (Å²) in [5, 5.41) is 33.5. The average molecular weight is 326 g/mol. The van der Waals surface area contributed by atoms with Crippen LogP contribution in [-0.4, -0.2) is 41.7 Å². The van der Waals surface area contributed by atoms with Gasteiger partial charge in [0.2, 0.25) is 0 Å². The van der Waals surface area contributed by atoms with Crippen molar-refractivity contribution >= 4 is 25.3 Å². The maximum atomic E-state index is 8.64. The van der Waals surface area contributed by atoms with E-state index < -0.39 is 6.16 Å². The molecule has 0 aromatic rings. The Morgan fingerprint density at radius 1 is 0.857 bits per heavy atom. The van der Waals surface area contributed by atoms with Gasteiger partial charge in [0, 0.05) is 0 Å². The zero-order valence-electron chi connectivity index (χ0n) is 8.04. The van der Waals surface area contributed by atoms with Crippen molar-refractivity contribution in [2.24, 2.45) is 0 Å². The molecule has 0 radical (unpaired) electrons. The Morgan fingerprint density at radius 2 is 0.905 bits per heavy atom. The zero-order valence-corrected chi connectivity index (χ0v) is 8.04. The van der Waals surface area contributed by atoms with Crippen LogP contribution in [0.3, 0.4) is 0 Å². The zero-order chi connectivity index (χ0) is 13.1. The minimum absolute atomic E-state index is 0. The van der Waals surface area contributed by atoms with Gasteiger partial charge in [0.1, 0.15) is 0 Å². The maximum Gasteiger partial charge on any atom is 0.373 e. The highest BCUT2D eigenvalue weighted by atomic mass is 17.1. The van der Waals surface area contributed by atoms with Crippen molar-refractivity contribution in [3.05, 3.63) is 0 Å². The van der Waals surface area contributed by atoms with Gasteiger partial charge in [-0.3, -0.25) is 9.59 Å². The monoisotopic (exact) mass is 326 g/mol. The Kier molecular flexibility index (Phi) is 605. The summed E-state index contributed by atoms with van der Waals surface area (Å²) in [6, 6.07) is 0. The molecule has 0 saturated carbocycles. The number of rotatable bonds is 2. The second-order valence-electron chi connectivity index (χ2n) is 0.718. The summed E-state index contributed by atoms with van der Waals surface area (Å²) in [6.07, 6.45) is -2.08. The first-order valence-electron chi connectivity index (χ1n) is 2.30. The minimum atomic E-state index is -2.33. The van der Waals surface area contributed by atoms with E-state index in [1.807, 2.05) is 0 Å². The van der Waals surface area contributed by atoms with Crippen molar-refractivity contribution in [1.82, 2.24) is 0 Å². The molecule has 14 nitrogen and oxygen atoms in total. The highest BCUT2D eigenvalue weighted by Gasteiger charge is 1.34. The first-order chi connectivity index (χ1) is 6.97. The summed E-state index contributed by atoms with van der Waals surface area (Å²) in [4.78, 5) is 47.1. The number of carbonyl (C=O) groups is 3. The van der Waals surface area contributed by atoms with Crippen LogP contribution in [0.25, 0.3) is 0 Å². The molecule has 0 aromatic heterocycles. The number of hydrogen-bond acceptors (Lipinski definition) is 13. The molecule has 0 fully saturated rings. The summed E-state index contributed by atoms with van der Waals surface area (Å²) in [7, 11) is 0. The summed E-state index contributed by atoms with van der Waals surface area (Å²) < 4.78 is 0. The van der Waals surface area contributed by atoms with E-state index in [9.17, 15) is 0 Å². The van der Waals surface area contributed by atoms with Crippen LogP contribution < -0.4 is 20.7 Å². The maximum absolute atomic E-state index is 8.64. The third kappa shape index (κ3) is 11100. The van der Waals surface area contributed by atoms with Crippen LogP contribution in [0.4, 0.5) is 4.79 Å². The molecular formula is C7H18O14-6. The predicted molar refractivity (Wildman–Crippen MR) is 52.4 cm³/mol. The van der Waals surface area contributed by atoms with Gasteiger partial charge in [0.15, 0.2) is 0 Å². The fourth-order valence-electron chi connectivity index (χ4n) is 0. The van der Waals surface area contributed by atoms with Crippen molar-refractivity contribution in [2.75, 3.05) is 0 Å². The highest BCUT2D eigenvalue weighted by Crippen LogP contribution is 1.23. The van der Waals surface area contributed by atoms with E-state index in [1.54, 1.807) is 0 Å². The van der Waals surface area contributed by atoms with Crippen LogP contribution in [0.15, 0.2) is 0 Å². The van der Waals surface area contributed by atoms with Gasteiger partial charge in [-0.05, 0) is 6.16 Å². The van der Waals surface area contributed by atoms with E-state index in [0.29, 0.717) is 0 Å². The van der Waals surface area contributed by atoms with Gasteiger partial charge in [-0.2, -0.15) is 9.59 Å². The Hall–Kier alpha value is -2.61. The van der Waals surface area contributed by atoms with Crippen molar-refractivity contribution in [3.63, 3.8) is 0 Å². The van der Waals surface area contributed by atoms with Gasteiger partial charge in [0.05, 0.1) is 0 Å². The summed E-state index contributed by atoms with van der Waals surface area (Å²) >= 11 is 0. The topological polar surface area (TPSA) is 288 Å². The molecule has 0 amide bonds. The molecule has 0 aliphatic rings. The lowest BCUT2D eigenvalue weighted by Crippen LogP contribution is -2.37. The first-order valence-corrected chi connectivity index (χ1v) is 2.30. The fraction of sp³-hybridized carbons (Fsp3) is 0.429. The van der Waals surface area contributed by atoms with E-state index in [2.05, 4.69) is 9.78 Å². The van der Waals surface area contributed by atoms with E-state index in [1.165, 1.54) is 0 Å². The van der Waals surface area contributed by atoms with E-state index in [-0.39, 0.29) is 57.8 Å². The molecule has 0 unspecified atom stereocenters. The number of carboxylic acid groups (broad SMARTS) is 2. The first kappa shape index (κ1) is 79.0. The normalized spacial score (nSPS) is 3.52. The molecule has 0 rings (SSSR count). The lowest BCUT2D eigenvalue weighted by atomic mass is 11.5. The van der Waals surface area contributed by atoms with E-state index in [0.717, 1.165) is 0 Å². The third-order valence-electron chi connectivity index (χ3n) is 0.0786. The molecule has 21 heavy (non-hydrogen) atoms. The summed E-state index contributed by atoms with van der Waals surface area (Å²) in [5.74, 6) is 0. The van der Waals surface area contributed by atoms with Crippen molar-refractivity contribution < 1.29 is 70.9 Å². The van der Waals surface area contributed by atoms with Gasteiger partial charge in [-0.25, -0.2) is 0 Å². The minimum Gasteiger partial charge on any atom is -0.870 e. The molecule has 0 saturated heterocycles. The Bertz CT molecular complexity index is 162. The van der Waals surface area contributed by atoms with Crippen molar-refractivity contribution in [3.8, 4) is 0 Å². The molecule has 0 atom stereocenters. The molecule has 14 heteroatoms. The quantitative estimate of drug-likeness (QED) is 0.260. The van der Waals surface area contributed by atoms with Gasteiger partial charge >= 0.3 is 6.15 Å². The van der Waals surface area contributed by atoms with Crippen LogP contribution in [0.5, 0.6) is 0 Å². The molecular weight excluding hydrogens is 308 g/mol. The van der Waals surface area contributed by atoms with Crippen LogP contribution >= 0.6 is 0 Å². The highest BCUT2D eigenvalue weighted by molar-refractivity contribution is 5.47. The number of hydrogen-bond donors (Lipinski definition) is 0. The second-order valence-corrected chi connectivity index (χ2v) is 0.718. The molecule has 0 aromatic carbocycles. The second kappa shape index (κ2) is 161. The Labute approximate surface area is 119 Å². The van der Waals surface area contributed by atoms with Gasteiger partial charge < -0.3 is 51.7 Å². The van der Waals surface area contributed by atoms with Crippen LogP contribution in [0, 0.1) is 0 Å². The summed E-state index contributed by atoms with van der Waals surface area (Å²) in [5.41, 5.74) is 0. The van der Waals surface area contributed by atoms with Gasteiger partial charge in [-0.1, -0.05) is 22.3 Å². The standard InChI is InChI=1S/3CH2O3.CO2.3CH4.3H2O/c2*2-1-4-3;2-1(3)4;2-1-3;;;;;;/h2*1,3H;(H2,2,3,4);;3*1H4;3*1H2/p-6. The molecule has 0 heterocycles. The molecule has 0 spiro atoms. The lowest BCUT2D eigenvalue weighted by molar-refractivity contribution is -0.652. The van der Waals surface area contributed by atoms with Crippen molar-refractivity contribution in [2.45, 2.75) is 22.3 Å². The van der Waals surface area contributed by atoms with Crippen LogP contribution in [0.2, 0.25) is 0 Å². The van der Waals surface area contributed by atoms with E-state index in [4.69, 9.17) is 44.7 Å². The average Bonchev–Trinajstić information content (AvgIpc) is 2.18. The summed E-state index contributed by atoms with van der Waals surface area (Å²) in [6.45, 7) is -0.361. The van der Waals surface area contributed by atoms with Crippen LogP contribution in [0.1, 0.15) is 22.3 Å². The third-order valence-corrected chi connectivity index (χ3v) is 0.0786. The smallest absolute Gasteiger partial charge is 0.373 e.